The molecule has 1 heterocycles. The fourth-order valence-corrected chi connectivity index (χ4v) is 3.38. The Bertz CT molecular complexity index is 417. The number of nitrogens with one attached hydrogen (secondary N) is 1. The summed E-state index contributed by atoms with van der Waals surface area (Å²) in [5.41, 5.74) is 1.20. The second-order valence-corrected chi connectivity index (χ2v) is 6.41. The monoisotopic (exact) mass is 341 g/mol. The van der Waals surface area contributed by atoms with Crippen molar-refractivity contribution >= 4 is 15.9 Å². The molecule has 1 saturated heterocycles. The minimum atomic E-state index is 0.0677. The summed E-state index contributed by atoms with van der Waals surface area (Å²) in [4.78, 5) is 0. The van der Waals surface area contributed by atoms with E-state index in [0.29, 0.717) is 0 Å². The third-order valence-corrected chi connectivity index (χ3v) is 4.37. The lowest BCUT2D eigenvalue weighted by Gasteiger charge is -2.34. The lowest BCUT2D eigenvalue weighted by molar-refractivity contribution is -0.122. The summed E-state index contributed by atoms with van der Waals surface area (Å²) in [6, 6.07) is 8.28. The maximum Gasteiger partial charge on any atom is 0.0963 e. The Labute approximate surface area is 130 Å². The van der Waals surface area contributed by atoms with Crippen molar-refractivity contribution in [2.24, 2.45) is 0 Å². The minimum Gasteiger partial charge on any atom is -0.375 e. The number of ether oxygens (including phenoxy) is 2. The van der Waals surface area contributed by atoms with Crippen molar-refractivity contribution < 1.29 is 9.47 Å². The van der Waals surface area contributed by atoms with Gasteiger partial charge in [0.2, 0.25) is 0 Å². The summed E-state index contributed by atoms with van der Waals surface area (Å²) in [6.07, 6.45) is 2.82. The molecule has 112 valence electrons. The van der Waals surface area contributed by atoms with Crippen LogP contribution in [-0.2, 0) is 9.47 Å². The SMILES string of the molecule is CNCC(OC1CC(C)OC(C)C1)c1ccccc1Br. The Morgan fingerprint density at radius 3 is 2.55 bits per heavy atom. The zero-order valence-corrected chi connectivity index (χ0v) is 14.0. The van der Waals surface area contributed by atoms with Crippen molar-refractivity contribution in [1.29, 1.82) is 0 Å². The van der Waals surface area contributed by atoms with Gasteiger partial charge in [0.15, 0.2) is 0 Å². The molecule has 1 aromatic carbocycles. The van der Waals surface area contributed by atoms with E-state index in [1.165, 1.54) is 5.56 Å². The van der Waals surface area contributed by atoms with Crippen LogP contribution in [0.2, 0.25) is 0 Å². The van der Waals surface area contributed by atoms with Gasteiger partial charge in [0, 0.05) is 11.0 Å². The van der Waals surface area contributed by atoms with E-state index in [9.17, 15) is 0 Å². The molecule has 0 saturated carbocycles. The van der Waals surface area contributed by atoms with Crippen LogP contribution in [0, 0.1) is 0 Å². The molecule has 0 aromatic heterocycles. The number of hydrogen-bond acceptors (Lipinski definition) is 3. The average molecular weight is 342 g/mol. The molecular formula is C16H24BrNO2. The molecule has 3 unspecified atom stereocenters. The first-order valence-electron chi connectivity index (χ1n) is 7.30. The van der Waals surface area contributed by atoms with Crippen LogP contribution in [0.1, 0.15) is 38.4 Å². The molecule has 2 rings (SSSR count). The highest BCUT2D eigenvalue weighted by atomic mass is 79.9. The molecule has 3 atom stereocenters. The average Bonchev–Trinajstić information content (AvgIpc) is 2.37. The van der Waals surface area contributed by atoms with Gasteiger partial charge < -0.3 is 14.8 Å². The molecule has 1 fully saturated rings. The third kappa shape index (κ3) is 4.29. The number of rotatable bonds is 5. The molecule has 1 N–H and O–H groups in total. The predicted octanol–water partition coefficient (Wildman–Crippen LogP) is 3.68. The zero-order valence-electron chi connectivity index (χ0n) is 12.4. The van der Waals surface area contributed by atoms with Crippen molar-refractivity contribution in [3.8, 4) is 0 Å². The summed E-state index contributed by atoms with van der Waals surface area (Å²) in [5, 5.41) is 3.23. The Morgan fingerprint density at radius 2 is 1.95 bits per heavy atom. The lowest BCUT2D eigenvalue weighted by atomic mass is 10.0. The highest BCUT2D eigenvalue weighted by Gasteiger charge is 2.28. The lowest BCUT2D eigenvalue weighted by Crippen LogP contribution is -2.36. The highest BCUT2D eigenvalue weighted by Crippen LogP contribution is 2.30. The molecule has 3 nitrogen and oxygen atoms in total. The van der Waals surface area contributed by atoms with Gasteiger partial charge >= 0.3 is 0 Å². The van der Waals surface area contributed by atoms with Crippen LogP contribution in [0.15, 0.2) is 28.7 Å². The standard InChI is InChI=1S/C16H24BrNO2/c1-11-8-13(9-12(2)19-11)20-16(10-18-3)14-6-4-5-7-15(14)17/h4-7,11-13,16,18H,8-10H2,1-3H3. The van der Waals surface area contributed by atoms with Crippen molar-refractivity contribution in [2.75, 3.05) is 13.6 Å². The molecule has 1 aliphatic rings. The molecule has 1 aliphatic heterocycles. The van der Waals surface area contributed by atoms with E-state index in [1.807, 2.05) is 13.1 Å². The fraction of sp³-hybridized carbons (Fsp3) is 0.625. The van der Waals surface area contributed by atoms with E-state index in [2.05, 4.69) is 53.3 Å². The van der Waals surface area contributed by atoms with Crippen LogP contribution >= 0.6 is 15.9 Å². The quantitative estimate of drug-likeness (QED) is 0.885. The van der Waals surface area contributed by atoms with Crippen LogP contribution < -0.4 is 5.32 Å². The van der Waals surface area contributed by atoms with Gasteiger partial charge in [-0.15, -0.1) is 0 Å². The molecular weight excluding hydrogens is 318 g/mol. The van der Waals surface area contributed by atoms with Gasteiger partial charge in [-0.05, 0) is 45.4 Å². The Morgan fingerprint density at radius 1 is 1.30 bits per heavy atom. The van der Waals surface area contributed by atoms with E-state index in [0.717, 1.165) is 23.9 Å². The van der Waals surface area contributed by atoms with Gasteiger partial charge in [-0.1, -0.05) is 34.1 Å². The van der Waals surface area contributed by atoms with Gasteiger partial charge in [0.05, 0.1) is 24.4 Å². The summed E-state index contributed by atoms with van der Waals surface area (Å²) in [6.45, 7) is 5.05. The number of hydrogen-bond donors (Lipinski definition) is 1. The summed E-state index contributed by atoms with van der Waals surface area (Å²) in [7, 11) is 1.96. The molecule has 4 heteroatoms. The van der Waals surface area contributed by atoms with Gasteiger partial charge in [-0.2, -0.15) is 0 Å². The van der Waals surface area contributed by atoms with E-state index < -0.39 is 0 Å². The summed E-state index contributed by atoms with van der Waals surface area (Å²) >= 11 is 3.62. The van der Waals surface area contributed by atoms with Gasteiger partial charge in [-0.25, -0.2) is 0 Å². The molecule has 0 radical (unpaired) electrons. The first-order chi connectivity index (χ1) is 9.60. The van der Waals surface area contributed by atoms with E-state index in [4.69, 9.17) is 9.47 Å². The van der Waals surface area contributed by atoms with Crippen LogP contribution in [0.25, 0.3) is 0 Å². The summed E-state index contributed by atoms with van der Waals surface area (Å²) < 4.78 is 13.3. The summed E-state index contributed by atoms with van der Waals surface area (Å²) in [5.74, 6) is 0. The van der Waals surface area contributed by atoms with Crippen LogP contribution in [0.5, 0.6) is 0 Å². The maximum atomic E-state index is 6.37. The topological polar surface area (TPSA) is 30.5 Å². The van der Waals surface area contributed by atoms with Crippen LogP contribution in [-0.4, -0.2) is 31.9 Å². The van der Waals surface area contributed by atoms with Crippen LogP contribution in [0.4, 0.5) is 0 Å². The molecule has 0 spiro atoms. The number of benzene rings is 1. The van der Waals surface area contributed by atoms with Crippen LogP contribution in [0.3, 0.4) is 0 Å². The van der Waals surface area contributed by atoms with Crippen molar-refractivity contribution in [1.82, 2.24) is 5.32 Å². The molecule has 20 heavy (non-hydrogen) atoms. The zero-order chi connectivity index (χ0) is 14.5. The largest absolute Gasteiger partial charge is 0.375 e. The number of halogens is 1. The van der Waals surface area contributed by atoms with Gasteiger partial charge in [-0.3, -0.25) is 0 Å². The second kappa shape index (κ2) is 7.55. The third-order valence-electron chi connectivity index (χ3n) is 3.65. The minimum absolute atomic E-state index is 0.0677. The highest BCUT2D eigenvalue weighted by molar-refractivity contribution is 9.10. The first-order valence-corrected chi connectivity index (χ1v) is 8.09. The smallest absolute Gasteiger partial charge is 0.0963 e. The van der Waals surface area contributed by atoms with Crippen molar-refractivity contribution in [2.45, 2.75) is 51.1 Å². The first kappa shape index (κ1) is 16.0. The van der Waals surface area contributed by atoms with E-state index >= 15 is 0 Å². The van der Waals surface area contributed by atoms with Gasteiger partial charge in [0.1, 0.15) is 0 Å². The molecule has 0 bridgehead atoms. The molecule has 0 amide bonds. The normalized spacial score (nSPS) is 28.3. The molecule has 1 aromatic rings. The molecule has 0 aliphatic carbocycles. The van der Waals surface area contributed by atoms with E-state index in [-0.39, 0.29) is 24.4 Å². The Kier molecular flexibility index (Phi) is 6.02. The van der Waals surface area contributed by atoms with Crippen molar-refractivity contribution in [3.63, 3.8) is 0 Å². The van der Waals surface area contributed by atoms with Gasteiger partial charge in [0.25, 0.3) is 0 Å². The number of likely N-dealkylation sites (N-methyl/N-ethyl adjacent to an activating group) is 1. The fourth-order valence-electron chi connectivity index (χ4n) is 2.84. The second-order valence-electron chi connectivity index (χ2n) is 5.55. The van der Waals surface area contributed by atoms with E-state index in [1.54, 1.807) is 0 Å². The maximum absolute atomic E-state index is 6.37. The Balaban J connectivity index is 2.07. The predicted molar refractivity (Wildman–Crippen MR) is 84.9 cm³/mol. The van der Waals surface area contributed by atoms with Crippen molar-refractivity contribution in [3.05, 3.63) is 34.3 Å². The Hall–Kier alpha value is -0.420.